The van der Waals surface area contributed by atoms with Gasteiger partial charge in [-0.25, -0.2) is 4.98 Å². The molecule has 0 radical (unpaired) electrons. The quantitative estimate of drug-likeness (QED) is 0.666. The van der Waals surface area contributed by atoms with E-state index < -0.39 is 18.6 Å². The lowest BCUT2D eigenvalue weighted by Gasteiger charge is -2.16. The van der Waals surface area contributed by atoms with E-state index in [0.29, 0.717) is 5.01 Å². The van der Waals surface area contributed by atoms with Crippen LogP contribution in [-0.2, 0) is 6.42 Å². The Morgan fingerprint density at radius 1 is 1.33 bits per heavy atom. The maximum atomic E-state index is 12.3. The minimum absolute atomic E-state index is 0.176. The summed E-state index contributed by atoms with van der Waals surface area (Å²) in [5.74, 6) is 5.15. The maximum absolute atomic E-state index is 12.3. The second kappa shape index (κ2) is 5.21. The molecule has 7 heteroatoms. The molecule has 0 saturated carbocycles. The van der Waals surface area contributed by atoms with E-state index in [1.165, 1.54) is 11.3 Å². The van der Waals surface area contributed by atoms with Gasteiger partial charge in [0.1, 0.15) is 0 Å². The first-order valence-electron chi connectivity index (χ1n) is 5.35. The summed E-state index contributed by atoms with van der Waals surface area (Å²) in [6.07, 6.45) is -5.01. The van der Waals surface area contributed by atoms with Gasteiger partial charge in [-0.2, -0.15) is 13.2 Å². The first-order chi connectivity index (χ1) is 8.48. The third kappa shape index (κ3) is 3.41. The van der Waals surface area contributed by atoms with Crippen LogP contribution in [0.25, 0.3) is 10.2 Å². The second-order valence-electron chi connectivity index (χ2n) is 3.96. The molecular weight excluding hydrogens is 263 g/mol. The van der Waals surface area contributed by atoms with E-state index in [2.05, 4.69) is 10.4 Å². The fourth-order valence-corrected chi connectivity index (χ4v) is 2.73. The predicted octanol–water partition coefficient (Wildman–Crippen LogP) is 2.62. The van der Waals surface area contributed by atoms with Crippen molar-refractivity contribution in [3.8, 4) is 0 Å². The lowest BCUT2D eigenvalue weighted by Crippen LogP contribution is -2.40. The van der Waals surface area contributed by atoms with Crippen LogP contribution >= 0.6 is 11.3 Å². The fourth-order valence-electron chi connectivity index (χ4n) is 1.69. The number of rotatable bonds is 4. The van der Waals surface area contributed by atoms with E-state index in [9.17, 15) is 13.2 Å². The summed E-state index contributed by atoms with van der Waals surface area (Å²) in [5.41, 5.74) is 3.00. The number of alkyl halides is 3. The molecule has 2 aromatic rings. The van der Waals surface area contributed by atoms with Crippen LogP contribution in [0.15, 0.2) is 24.3 Å². The predicted molar refractivity (Wildman–Crippen MR) is 65.1 cm³/mol. The number of nitrogens with zero attached hydrogens (tertiary/aromatic N) is 1. The van der Waals surface area contributed by atoms with Crippen LogP contribution in [0.2, 0.25) is 0 Å². The van der Waals surface area contributed by atoms with E-state index in [-0.39, 0.29) is 6.42 Å². The Morgan fingerprint density at radius 2 is 2.06 bits per heavy atom. The second-order valence-corrected chi connectivity index (χ2v) is 5.08. The summed E-state index contributed by atoms with van der Waals surface area (Å²) in [7, 11) is 0. The first-order valence-corrected chi connectivity index (χ1v) is 6.17. The molecule has 1 unspecified atom stereocenters. The third-order valence-electron chi connectivity index (χ3n) is 2.47. The Kier molecular flexibility index (Phi) is 3.84. The van der Waals surface area contributed by atoms with Gasteiger partial charge in [0, 0.05) is 12.5 Å². The molecule has 2 rings (SSSR count). The average Bonchev–Trinajstić information content (AvgIpc) is 2.68. The van der Waals surface area contributed by atoms with E-state index in [1.807, 2.05) is 24.3 Å². The number of para-hydroxylation sites is 1. The minimum atomic E-state index is -4.23. The zero-order valence-corrected chi connectivity index (χ0v) is 10.2. The highest BCUT2D eigenvalue weighted by Gasteiger charge is 2.31. The summed E-state index contributed by atoms with van der Waals surface area (Å²) in [6, 6.07) is 6.61. The topological polar surface area (TPSA) is 50.9 Å². The van der Waals surface area contributed by atoms with Crippen LogP contribution in [0.5, 0.6) is 0 Å². The van der Waals surface area contributed by atoms with Gasteiger partial charge >= 0.3 is 6.18 Å². The molecule has 0 aliphatic carbocycles. The van der Waals surface area contributed by atoms with E-state index in [0.717, 1.165) is 10.2 Å². The molecule has 1 heterocycles. The summed E-state index contributed by atoms with van der Waals surface area (Å²) in [5, 5.41) is 0.656. The number of hydrogen-bond acceptors (Lipinski definition) is 4. The Hall–Kier alpha value is -1.18. The molecule has 0 aliphatic rings. The molecule has 1 aromatic heterocycles. The SMILES string of the molecule is NNC(Cc1nc2ccccc2s1)CC(F)(F)F. The highest BCUT2D eigenvalue weighted by atomic mass is 32.1. The Bertz CT molecular complexity index is 490. The van der Waals surface area contributed by atoms with Crippen molar-refractivity contribution in [2.24, 2.45) is 5.84 Å². The van der Waals surface area contributed by atoms with Gasteiger partial charge in [0.2, 0.25) is 0 Å². The van der Waals surface area contributed by atoms with Crippen LogP contribution in [0.4, 0.5) is 13.2 Å². The molecule has 1 atom stereocenters. The Balaban J connectivity index is 2.11. The normalized spacial score (nSPS) is 14.0. The number of nitrogens with one attached hydrogen (secondary N) is 1. The molecule has 0 fully saturated rings. The first kappa shape index (κ1) is 13.3. The lowest BCUT2D eigenvalue weighted by molar-refractivity contribution is -0.140. The number of nitrogens with two attached hydrogens (primary N) is 1. The Morgan fingerprint density at radius 3 is 2.67 bits per heavy atom. The molecule has 0 aliphatic heterocycles. The van der Waals surface area contributed by atoms with Gasteiger partial charge in [-0.05, 0) is 12.1 Å². The summed E-state index contributed by atoms with van der Waals surface area (Å²) >= 11 is 1.39. The van der Waals surface area contributed by atoms with E-state index in [1.54, 1.807) is 0 Å². The van der Waals surface area contributed by atoms with Gasteiger partial charge in [-0.3, -0.25) is 11.3 Å². The van der Waals surface area contributed by atoms with Crippen LogP contribution in [0, 0.1) is 0 Å². The van der Waals surface area contributed by atoms with Gasteiger partial charge in [0.15, 0.2) is 0 Å². The average molecular weight is 275 g/mol. The van der Waals surface area contributed by atoms with Crippen molar-refractivity contribution in [1.29, 1.82) is 0 Å². The lowest BCUT2D eigenvalue weighted by atomic mass is 10.1. The standard InChI is InChI=1S/C11H12F3N3S/c12-11(13,14)6-7(17-15)5-10-16-8-3-1-2-4-9(8)18-10/h1-4,7,17H,5-6,15H2. The van der Waals surface area contributed by atoms with Crippen molar-refractivity contribution < 1.29 is 13.2 Å². The molecule has 98 valence electrons. The van der Waals surface area contributed by atoms with E-state index >= 15 is 0 Å². The fraction of sp³-hybridized carbons (Fsp3) is 0.364. The van der Waals surface area contributed by atoms with Crippen molar-refractivity contribution in [2.45, 2.75) is 25.1 Å². The number of halogens is 3. The minimum Gasteiger partial charge on any atom is -0.271 e. The monoisotopic (exact) mass is 275 g/mol. The van der Waals surface area contributed by atoms with Crippen molar-refractivity contribution >= 4 is 21.6 Å². The summed E-state index contributed by atoms with van der Waals surface area (Å²) < 4.78 is 37.8. The van der Waals surface area contributed by atoms with Crippen molar-refractivity contribution in [1.82, 2.24) is 10.4 Å². The number of aromatic nitrogens is 1. The number of hydrazine groups is 1. The molecule has 1 aromatic carbocycles. The zero-order chi connectivity index (χ0) is 13.2. The van der Waals surface area contributed by atoms with Gasteiger partial charge < -0.3 is 0 Å². The maximum Gasteiger partial charge on any atom is 0.390 e. The highest BCUT2D eigenvalue weighted by molar-refractivity contribution is 7.18. The number of hydrogen-bond donors (Lipinski definition) is 2. The van der Waals surface area contributed by atoms with Crippen molar-refractivity contribution in [3.05, 3.63) is 29.3 Å². The number of fused-ring (bicyclic) bond motifs is 1. The molecule has 0 spiro atoms. The van der Waals surface area contributed by atoms with Gasteiger partial charge in [0.05, 0.1) is 21.6 Å². The smallest absolute Gasteiger partial charge is 0.271 e. The number of benzene rings is 1. The van der Waals surface area contributed by atoms with Crippen molar-refractivity contribution in [3.63, 3.8) is 0 Å². The molecule has 0 amide bonds. The number of thiazole rings is 1. The van der Waals surface area contributed by atoms with Crippen molar-refractivity contribution in [2.75, 3.05) is 0 Å². The summed E-state index contributed by atoms with van der Waals surface area (Å²) in [6.45, 7) is 0. The largest absolute Gasteiger partial charge is 0.390 e. The molecule has 3 nitrogen and oxygen atoms in total. The van der Waals surface area contributed by atoms with Crippen LogP contribution in [0.1, 0.15) is 11.4 Å². The molecular formula is C11H12F3N3S. The Labute approximate surface area is 106 Å². The molecule has 18 heavy (non-hydrogen) atoms. The van der Waals surface area contributed by atoms with Gasteiger partial charge in [-0.15, -0.1) is 11.3 Å². The van der Waals surface area contributed by atoms with Crippen LogP contribution < -0.4 is 11.3 Å². The third-order valence-corrected chi connectivity index (χ3v) is 3.53. The van der Waals surface area contributed by atoms with Gasteiger partial charge in [0.25, 0.3) is 0 Å². The zero-order valence-electron chi connectivity index (χ0n) is 9.37. The van der Waals surface area contributed by atoms with Crippen LogP contribution in [0.3, 0.4) is 0 Å². The highest BCUT2D eigenvalue weighted by Crippen LogP contribution is 2.26. The van der Waals surface area contributed by atoms with Crippen LogP contribution in [-0.4, -0.2) is 17.2 Å². The molecule has 0 saturated heterocycles. The van der Waals surface area contributed by atoms with Gasteiger partial charge in [-0.1, -0.05) is 12.1 Å². The summed E-state index contributed by atoms with van der Waals surface area (Å²) in [4.78, 5) is 4.29. The molecule has 3 N–H and O–H groups in total. The molecule has 0 bridgehead atoms. The van der Waals surface area contributed by atoms with E-state index in [4.69, 9.17) is 5.84 Å².